The zero-order chi connectivity index (χ0) is 26.4. The first-order valence-corrected chi connectivity index (χ1v) is 11.9. The number of hydrogen-bond acceptors (Lipinski definition) is 6. The predicted molar refractivity (Wildman–Crippen MR) is 143 cm³/mol. The van der Waals surface area contributed by atoms with Crippen LogP contribution in [0.5, 0.6) is 0 Å². The number of nitrogens with one attached hydrogen (secondary N) is 1. The quantitative estimate of drug-likeness (QED) is 0.380. The van der Waals surface area contributed by atoms with Gasteiger partial charge in [-0.3, -0.25) is 0 Å². The Labute approximate surface area is 208 Å². The van der Waals surface area contributed by atoms with Crippen LogP contribution in [0.1, 0.15) is 69.2 Å². The van der Waals surface area contributed by atoms with E-state index in [2.05, 4.69) is 25.1 Å². The molecule has 188 valence electrons. The first-order valence-electron chi connectivity index (χ1n) is 11.9. The molecule has 34 heavy (non-hydrogen) atoms. The molecule has 8 heteroatoms. The molecule has 2 aliphatic rings. The second-order valence-electron chi connectivity index (χ2n) is 11.4. The SMILES string of the molecule is C=C(C)C(=C)/C(N)=C(B1OC(C)(C)C(C)(C)O1)\C(C(=C)C)=C(/CB1OC(C)(C)C(C)(C)O1)NC. The van der Waals surface area contributed by atoms with Crippen LogP contribution in [0.4, 0.5) is 0 Å². The van der Waals surface area contributed by atoms with Gasteiger partial charge in [-0.1, -0.05) is 19.7 Å². The Morgan fingerprint density at radius 1 is 0.765 bits per heavy atom. The average molecular weight is 470 g/mol. The van der Waals surface area contributed by atoms with Gasteiger partial charge in [-0.05, 0) is 91.5 Å². The second kappa shape index (κ2) is 9.38. The van der Waals surface area contributed by atoms with Crippen molar-refractivity contribution >= 4 is 14.2 Å². The summed E-state index contributed by atoms with van der Waals surface area (Å²) in [7, 11) is 0.719. The van der Waals surface area contributed by atoms with Crippen LogP contribution in [0, 0.1) is 0 Å². The first-order chi connectivity index (χ1) is 15.3. The van der Waals surface area contributed by atoms with E-state index in [0.717, 1.165) is 22.4 Å². The summed E-state index contributed by atoms with van der Waals surface area (Å²) in [5, 5.41) is 3.34. The van der Waals surface area contributed by atoms with E-state index in [1.54, 1.807) is 0 Å². The van der Waals surface area contributed by atoms with Gasteiger partial charge in [0.2, 0.25) is 0 Å². The summed E-state index contributed by atoms with van der Waals surface area (Å²) in [5.74, 6) is 0. The van der Waals surface area contributed by atoms with Crippen LogP contribution in [0.15, 0.2) is 58.9 Å². The summed E-state index contributed by atoms with van der Waals surface area (Å²) in [4.78, 5) is 0. The third-order valence-corrected chi connectivity index (χ3v) is 7.59. The van der Waals surface area contributed by atoms with Crippen LogP contribution < -0.4 is 11.1 Å². The van der Waals surface area contributed by atoms with Crippen LogP contribution in [0.25, 0.3) is 0 Å². The molecule has 2 fully saturated rings. The second-order valence-corrected chi connectivity index (χ2v) is 11.4. The molecular weight excluding hydrogens is 426 g/mol. The van der Waals surface area contributed by atoms with Crippen molar-refractivity contribution < 1.29 is 18.6 Å². The molecule has 0 aromatic rings. The molecule has 0 radical (unpaired) electrons. The Kier molecular flexibility index (Phi) is 7.86. The molecule has 6 nitrogen and oxygen atoms in total. The van der Waals surface area contributed by atoms with Gasteiger partial charge in [-0.25, -0.2) is 0 Å². The van der Waals surface area contributed by atoms with Crippen molar-refractivity contribution in [3.05, 3.63) is 58.9 Å². The summed E-state index contributed by atoms with van der Waals surface area (Å²) < 4.78 is 25.4. The number of nitrogens with two attached hydrogens (primary N) is 1. The van der Waals surface area contributed by atoms with Gasteiger partial charge in [0, 0.05) is 30.2 Å². The summed E-state index contributed by atoms with van der Waals surface area (Å²) in [6.07, 6.45) is 0.474. The van der Waals surface area contributed by atoms with E-state index in [9.17, 15) is 0 Å². The highest BCUT2D eigenvalue weighted by molar-refractivity contribution is 6.57. The van der Waals surface area contributed by atoms with Crippen LogP contribution in [0.2, 0.25) is 6.32 Å². The highest BCUT2D eigenvalue weighted by Crippen LogP contribution is 2.43. The molecule has 0 aromatic heterocycles. The maximum Gasteiger partial charge on any atom is 0.497 e. The number of hydrogen-bond donors (Lipinski definition) is 2. The fourth-order valence-electron chi connectivity index (χ4n) is 3.93. The van der Waals surface area contributed by atoms with E-state index in [1.807, 2.05) is 76.3 Å². The van der Waals surface area contributed by atoms with E-state index < -0.39 is 36.6 Å². The van der Waals surface area contributed by atoms with E-state index >= 15 is 0 Å². The molecule has 0 unspecified atom stereocenters. The van der Waals surface area contributed by atoms with Gasteiger partial charge in [0.05, 0.1) is 22.4 Å². The molecule has 0 aromatic carbocycles. The van der Waals surface area contributed by atoms with Crippen LogP contribution in [-0.4, -0.2) is 43.7 Å². The highest BCUT2D eigenvalue weighted by Gasteiger charge is 2.54. The van der Waals surface area contributed by atoms with E-state index in [1.165, 1.54) is 0 Å². The lowest BCUT2D eigenvalue weighted by Crippen LogP contribution is -2.41. The average Bonchev–Trinajstić information content (AvgIpc) is 3.01. The zero-order valence-corrected chi connectivity index (χ0v) is 23.2. The standard InChI is InChI=1S/C26H44B2N2O4/c1-16(2)18(5)22(29)21(28-33-25(10,11)26(12,13)34-28)20(17(3)4)19(30-14)15-27-31-23(6,7)24(8,9)32-27/h30H,1,3,5,15,29H2,2,4,6-14H3/b20-19+,22-21-. The molecule has 0 aliphatic carbocycles. The van der Waals surface area contributed by atoms with Crippen LogP contribution >= 0.6 is 0 Å². The molecule has 2 rings (SSSR count). The summed E-state index contributed by atoms with van der Waals surface area (Å²) in [6, 6.07) is 0. The summed E-state index contributed by atoms with van der Waals surface area (Å²) in [5.41, 5.74) is 9.83. The van der Waals surface area contributed by atoms with Crippen molar-refractivity contribution in [2.45, 2.75) is 98.0 Å². The minimum absolute atomic E-state index is 0.433. The Morgan fingerprint density at radius 2 is 1.18 bits per heavy atom. The lowest BCUT2D eigenvalue weighted by atomic mass is 9.67. The summed E-state index contributed by atoms with van der Waals surface area (Å²) >= 11 is 0. The van der Waals surface area contributed by atoms with Gasteiger partial charge in [-0.2, -0.15) is 0 Å². The molecule has 3 N–H and O–H groups in total. The molecule has 0 spiro atoms. The normalized spacial score (nSPS) is 23.9. The van der Waals surface area contributed by atoms with Gasteiger partial charge in [0.1, 0.15) is 0 Å². The highest BCUT2D eigenvalue weighted by atomic mass is 16.7. The van der Waals surface area contributed by atoms with Crippen molar-refractivity contribution in [2.24, 2.45) is 5.73 Å². The molecule has 2 heterocycles. The van der Waals surface area contributed by atoms with Crippen molar-refractivity contribution in [3.8, 4) is 0 Å². The fraction of sp³-hybridized carbons (Fsp3) is 0.615. The van der Waals surface area contributed by atoms with Crippen LogP contribution in [0.3, 0.4) is 0 Å². The van der Waals surface area contributed by atoms with E-state index in [0.29, 0.717) is 23.1 Å². The fourth-order valence-corrected chi connectivity index (χ4v) is 3.93. The molecule has 0 bridgehead atoms. The van der Waals surface area contributed by atoms with Crippen molar-refractivity contribution in [3.63, 3.8) is 0 Å². The molecule has 0 atom stereocenters. The third kappa shape index (κ3) is 5.25. The monoisotopic (exact) mass is 470 g/mol. The zero-order valence-electron chi connectivity index (χ0n) is 23.2. The molecule has 0 saturated carbocycles. The lowest BCUT2D eigenvalue weighted by Gasteiger charge is -2.32. The first kappa shape index (κ1) is 28.5. The van der Waals surface area contributed by atoms with Gasteiger partial charge in [-0.15, -0.1) is 0 Å². The van der Waals surface area contributed by atoms with Crippen molar-refractivity contribution in [1.29, 1.82) is 0 Å². The largest absolute Gasteiger partial charge is 0.497 e. The lowest BCUT2D eigenvalue weighted by molar-refractivity contribution is 0.00578. The minimum atomic E-state index is -0.713. The Hall–Kier alpha value is -1.73. The topological polar surface area (TPSA) is 75.0 Å². The van der Waals surface area contributed by atoms with Gasteiger partial charge < -0.3 is 29.7 Å². The van der Waals surface area contributed by atoms with E-state index in [-0.39, 0.29) is 0 Å². The predicted octanol–water partition coefficient (Wildman–Crippen LogP) is 5.10. The summed E-state index contributed by atoms with van der Waals surface area (Å²) in [6.45, 7) is 32.5. The van der Waals surface area contributed by atoms with Gasteiger partial charge in [0.25, 0.3) is 0 Å². The Morgan fingerprint density at radius 3 is 1.53 bits per heavy atom. The minimum Gasteiger partial charge on any atom is -0.403 e. The van der Waals surface area contributed by atoms with Crippen molar-refractivity contribution in [1.82, 2.24) is 5.32 Å². The number of allylic oxidation sites excluding steroid dienone is 5. The molecule has 2 saturated heterocycles. The Bertz CT molecular complexity index is 912. The molecule has 2 aliphatic heterocycles. The van der Waals surface area contributed by atoms with Gasteiger partial charge >= 0.3 is 14.2 Å². The number of rotatable bonds is 8. The van der Waals surface area contributed by atoms with E-state index in [4.69, 9.17) is 24.4 Å². The third-order valence-electron chi connectivity index (χ3n) is 7.59. The Balaban J connectivity index is 2.68. The maximum atomic E-state index is 6.74. The smallest absolute Gasteiger partial charge is 0.403 e. The molecule has 0 amide bonds. The van der Waals surface area contributed by atoms with Crippen LogP contribution in [-0.2, 0) is 18.6 Å². The maximum absolute atomic E-state index is 6.74. The van der Waals surface area contributed by atoms with Gasteiger partial charge in [0.15, 0.2) is 0 Å². The molecular formula is C26H44B2N2O4. The van der Waals surface area contributed by atoms with Crippen molar-refractivity contribution in [2.75, 3.05) is 7.05 Å².